The minimum Gasteiger partial charge on any atom is -0.507 e. The predicted molar refractivity (Wildman–Crippen MR) is 56.7 cm³/mol. The Balaban J connectivity index is 2.97. The van der Waals surface area contributed by atoms with Gasteiger partial charge in [-0.05, 0) is 6.07 Å². The number of nitro groups is 1. The van der Waals surface area contributed by atoms with E-state index in [4.69, 9.17) is 0 Å². The normalized spacial score (nSPS) is 10.6. The van der Waals surface area contributed by atoms with E-state index in [0.717, 1.165) is 0 Å². The molecule has 1 aromatic carbocycles. The van der Waals surface area contributed by atoms with Crippen molar-refractivity contribution in [2.75, 3.05) is 0 Å². The van der Waals surface area contributed by atoms with E-state index in [-0.39, 0.29) is 17.5 Å². The van der Waals surface area contributed by atoms with Crippen molar-refractivity contribution in [3.05, 3.63) is 33.9 Å². The number of benzene rings is 1. The van der Waals surface area contributed by atoms with E-state index in [1.54, 1.807) is 0 Å². The minimum atomic E-state index is -0.489. The first-order chi connectivity index (χ1) is 7.02. The van der Waals surface area contributed by atoms with Gasteiger partial charge in [-0.3, -0.25) is 10.1 Å². The van der Waals surface area contributed by atoms with Crippen molar-refractivity contribution < 1.29 is 10.0 Å². The molecular weight excluding hydrogens is 196 g/mol. The van der Waals surface area contributed by atoms with Gasteiger partial charge in [0.25, 0.3) is 5.69 Å². The number of aromatic hydroxyl groups is 1. The number of nitro benzene ring substituents is 1. The second-order valence-electron chi connectivity index (χ2n) is 3.57. The van der Waals surface area contributed by atoms with Crippen LogP contribution in [-0.2, 0) is 6.54 Å². The van der Waals surface area contributed by atoms with E-state index >= 15 is 0 Å². The van der Waals surface area contributed by atoms with Crippen LogP contribution in [-0.4, -0.2) is 16.1 Å². The van der Waals surface area contributed by atoms with Crippen LogP contribution in [0.3, 0.4) is 0 Å². The van der Waals surface area contributed by atoms with E-state index in [2.05, 4.69) is 5.32 Å². The zero-order valence-corrected chi connectivity index (χ0v) is 8.73. The molecule has 0 aliphatic heterocycles. The van der Waals surface area contributed by atoms with Gasteiger partial charge in [-0.15, -0.1) is 0 Å². The summed E-state index contributed by atoms with van der Waals surface area (Å²) < 4.78 is 0. The first kappa shape index (κ1) is 11.5. The molecule has 0 aromatic heterocycles. The molecule has 5 nitrogen and oxygen atoms in total. The van der Waals surface area contributed by atoms with Gasteiger partial charge in [-0.1, -0.05) is 19.9 Å². The zero-order valence-electron chi connectivity index (χ0n) is 8.73. The summed E-state index contributed by atoms with van der Waals surface area (Å²) in [4.78, 5) is 10.2. The van der Waals surface area contributed by atoms with Gasteiger partial charge in [-0.2, -0.15) is 0 Å². The van der Waals surface area contributed by atoms with Gasteiger partial charge in [0.05, 0.1) is 10.5 Å². The molecule has 0 aliphatic carbocycles. The van der Waals surface area contributed by atoms with Gasteiger partial charge < -0.3 is 10.4 Å². The standard InChI is InChI=1S/C10H14N2O3/c1-7(2)11-6-8-9(12(14)15)4-3-5-10(8)13/h3-5,7,11,13H,6H2,1-2H3. The Morgan fingerprint density at radius 2 is 2.20 bits per heavy atom. The molecule has 0 fully saturated rings. The lowest BCUT2D eigenvalue weighted by Gasteiger charge is -2.09. The summed E-state index contributed by atoms with van der Waals surface area (Å²) in [5, 5.41) is 23.2. The first-order valence-electron chi connectivity index (χ1n) is 4.71. The highest BCUT2D eigenvalue weighted by atomic mass is 16.6. The SMILES string of the molecule is CC(C)NCc1c(O)cccc1[N+](=O)[O-]. The number of rotatable bonds is 4. The summed E-state index contributed by atoms with van der Waals surface area (Å²) in [6.45, 7) is 4.16. The Hall–Kier alpha value is -1.62. The molecule has 0 saturated heterocycles. The average molecular weight is 210 g/mol. The van der Waals surface area contributed by atoms with Crippen molar-refractivity contribution >= 4 is 5.69 Å². The summed E-state index contributed by atoms with van der Waals surface area (Å²) in [6.07, 6.45) is 0. The van der Waals surface area contributed by atoms with Crippen LogP contribution in [0.2, 0.25) is 0 Å². The largest absolute Gasteiger partial charge is 0.507 e. The van der Waals surface area contributed by atoms with E-state index in [1.807, 2.05) is 13.8 Å². The molecule has 0 atom stereocenters. The van der Waals surface area contributed by atoms with Gasteiger partial charge in [0.15, 0.2) is 0 Å². The highest BCUT2D eigenvalue weighted by Crippen LogP contribution is 2.26. The Morgan fingerprint density at radius 1 is 1.53 bits per heavy atom. The predicted octanol–water partition coefficient (Wildman–Crippen LogP) is 1.80. The average Bonchev–Trinajstić information content (AvgIpc) is 2.15. The van der Waals surface area contributed by atoms with Crippen LogP contribution < -0.4 is 5.32 Å². The molecule has 0 spiro atoms. The molecule has 0 bridgehead atoms. The van der Waals surface area contributed by atoms with Gasteiger partial charge in [0.1, 0.15) is 5.75 Å². The highest BCUT2D eigenvalue weighted by Gasteiger charge is 2.16. The molecule has 0 radical (unpaired) electrons. The molecule has 1 rings (SSSR count). The topological polar surface area (TPSA) is 75.4 Å². The Kier molecular flexibility index (Phi) is 3.62. The molecule has 1 aromatic rings. The quantitative estimate of drug-likeness (QED) is 0.587. The fourth-order valence-corrected chi connectivity index (χ4v) is 1.22. The second kappa shape index (κ2) is 4.75. The monoisotopic (exact) mass is 210 g/mol. The Bertz CT molecular complexity index is 364. The Morgan fingerprint density at radius 3 is 2.73 bits per heavy atom. The van der Waals surface area contributed by atoms with Crippen molar-refractivity contribution in [1.29, 1.82) is 0 Å². The van der Waals surface area contributed by atoms with Crippen molar-refractivity contribution in [3.8, 4) is 5.75 Å². The van der Waals surface area contributed by atoms with Crippen LogP contribution in [0.1, 0.15) is 19.4 Å². The first-order valence-corrected chi connectivity index (χ1v) is 4.71. The maximum atomic E-state index is 10.7. The van der Waals surface area contributed by atoms with Crippen molar-refractivity contribution in [2.45, 2.75) is 26.4 Å². The molecular formula is C10H14N2O3. The van der Waals surface area contributed by atoms with Crippen molar-refractivity contribution in [2.24, 2.45) is 0 Å². The minimum absolute atomic E-state index is 0.0441. The number of phenolic OH excluding ortho intramolecular Hbond substituents is 1. The highest BCUT2D eigenvalue weighted by molar-refractivity contribution is 5.48. The maximum Gasteiger partial charge on any atom is 0.277 e. The third-order valence-corrected chi connectivity index (χ3v) is 2.01. The maximum absolute atomic E-state index is 10.7. The van der Waals surface area contributed by atoms with Gasteiger partial charge in [0.2, 0.25) is 0 Å². The molecule has 0 unspecified atom stereocenters. The number of hydrogen-bond acceptors (Lipinski definition) is 4. The third-order valence-electron chi connectivity index (χ3n) is 2.01. The van der Waals surface area contributed by atoms with Crippen LogP contribution in [0.5, 0.6) is 5.75 Å². The van der Waals surface area contributed by atoms with Gasteiger partial charge >= 0.3 is 0 Å². The van der Waals surface area contributed by atoms with E-state index < -0.39 is 4.92 Å². The van der Waals surface area contributed by atoms with E-state index in [1.165, 1.54) is 18.2 Å². The number of hydrogen-bond donors (Lipinski definition) is 2. The molecule has 2 N–H and O–H groups in total. The zero-order chi connectivity index (χ0) is 11.4. The third kappa shape index (κ3) is 2.92. The van der Waals surface area contributed by atoms with Crippen LogP contribution in [0.4, 0.5) is 5.69 Å². The van der Waals surface area contributed by atoms with E-state index in [9.17, 15) is 15.2 Å². The van der Waals surface area contributed by atoms with Gasteiger partial charge in [0, 0.05) is 18.7 Å². The number of phenols is 1. The van der Waals surface area contributed by atoms with Gasteiger partial charge in [-0.25, -0.2) is 0 Å². The molecule has 0 aliphatic rings. The lowest BCUT2D eigenvalue weighted by Crippen LogP contribution is -2.22. The molecule has 15 heavy (non-hydrogen) atoms. The molecule has 0 saturated carbocycles. The van der Waals surface area contributed by atoms with Crippen LogP contribution in [0.15, 0.2) is 18.2 Å². The fourth-order valence-electron chi connectivity index (χ4n) is 1.22. The van der Waals surface area contributed by atoms with Crippen LogP contribution >= 0.6 is 0 Å². The Labute approximate surface area is 87.9 Å². The number of nitrogens with zero attached hydrogens (tertiary/aromatic N) is 1. The molecule has 0 heterocycles. The lowest BCUT2D eigenvalue weighted by atomic mass is 10.1. The summed E-state index contributed by atoms with van der Waals surface area (Å²) >= 11 is 0. The fraction of sp³-hybridized carbons (Fsp3) is 0.400. The van der Waals surface area contributed by atoms with E-state index in [0.29, 0.717) is 12.1 Å². The van der Waals surface area contributed by atoms with Crippen molar-refractivity contribution in [1.82, 2.24) is 5.32 Å². The lowest BCUT2D eigenvalue weighted by molar-refractivity contribution is -0.385. The summed E-state index contributed by atoms with van der Waals surface area (Å²) in [5.74, 6) is -0.0441. The smallest absolute Gasteiger partial charge is 0.277 e. The summed E-state index contributed by atoms with van der Waals surface area (Å²) in [7, 11) is 0. The summed E-state index contributed by atoms with van der Waals surface area (Å²) in [6, 6.07) is 4.51. The van der Waals surface area contributed by atoms with Crippen LogP contribution in [0.25, 0.3) is 0 Å². The van der Waals surface area contributed by atoms with Crippen molar-refractivity contribution in [3.63, 3.8) is 0 Å². The summed E-state index contributed by atoms with van der Waals surface area (Å²) in [5.41, 5.74) is 0.277. The molecule has 0 amide bonds. The second-order valence-corrected chi connectivity index (χ2v) is 3.57. The molecule has 82 valence electrons. The van der Waals surface area contributed by atoms with Crippen LogP contribution in [0, 0.1) is 10.1 Å². The number of nitrogens with one attached hydrogen (secondary N) is 1. The molecule has 5 heteroatoms.